The molecule has 0 bridgehead atoms. The SMILES string of the molecule is Cc1cn(CCOc2cccc(C(=O)O)c2)c(=O)[nH]c1=O. The fourth-order valence-electron chi connectivity index (χ4n) is 1.77. The third-order valence-corrected chi connectivity index (χ3v) is 2.87. The molecule has 7 nitrogen and oxygen atoms in total. The Kier molecular flexibility index (Phi) is 4.22. The third-order valence-electron chi connectivity index (χ3n) is 2.87. The lowest BCUT2D eigenvalue weighted by Gasteiger charge is -2.08. The number of ether oxygens (including phenoxy) is 1. The van der Waals surface area contributed by atoms with E-state index in [0.717, 1.165) is 0 Å². The van der Waals surface area contributed by atoms with Crippen molar-refractivity contribution in [2.24, 2.45) is 0 Å². The Labute approximate surface area is 119 Å². The molecular weight excluding hydrogens is 276 g/mol. The van der Waals surface area contributed by atoms with Crippen molar-refractivity contribution < 1.29 is 14.6 Å². The number of benzene rings is 1. The molecule has 7 heteroatoms. The molecule has 0 aliphatic carbocycles. The number of carboxylic acid groups (broad SMARTS) is 1. The van der Waals surface area contributed by atoms with Crippen LogP contribution in [0.5, 0.6) is 5.75 Å². The van der Waals surface area contributed by atoms with Crippen molar-refractivity contribution >= 4 is 5.97 Å². The summed E-state index contributed by atoms with van der Waals surface area (Å²) in [5.74, 6) is -0.628. The highest BCUT2D eigenvalue weighted by Crippen LogP contribution is 2.13. The van der Waals surface area contributed by atoms with Gasteiger partial charge in [-0.2, -0.15) is 0 Å². The van der Waals surface area contributed by atoms with Gasteiger partial charge >= 0.3 is 11.7 Å². The average Bonchev–Trinajstić information content (AvgIpc) is 2.44. The quantitative estimate of drug-likeness (QED) is 0.840. The van der Waals surface area contributed by atoms with E-state index in [0.29, 0.717) is 11.3 Å². The number of nitrogens with zero attached hydrogens (tertiary/aromatic N) is 1. The summed E-state index contributed by atoms with van der Waals surface area (Å²) in [6, 6.07) is 6.08. The largest absolute Gasteiger partial charge is 0.492 e. The van der Waals surface area contributed by atoms with Crippen LogP contribution in [0.2, 0.25) is 0 Å². The summed E-state index contributed by atoms with van der Waals surface area (Å²) in [6.45, 7) is 2.02. The van der Waals surface area contributed by atoms with Crippen LogP contribution in [0.4, 0.5) is 0 Å². The predicted molar refractivity (Wildman–Crippen MR) is 75.0 cm³/mol. The number of aromatic amines is 1. The van der Waals surface area contributed by atoms with Crippen molar-refractivity contribution in [1.82, 2.24) is 9.55 Å². The van der Waals surface area contributed by atoms with Gasteiger partial charge in [0, 0.05) is 11.8 Å². The second-order valence-corrected chi connectivity index (χ2v) is 4.45. The maximum Gasteiger partial charge on any atom is 0.335 e. The molecule has 2 aromatic rings. The number of carbonyl (C=O) groups is 1. The zero-order valence-corrected chi connectivity index (χ0v) is 11.3. The van der Waals surface area contributed by atoms with Crippen molar-refractivity contribution in [1.29, 1.82) is 0 Å². The van der Waals surface area contributed by atoms with Gasteiger partial charge in [-0.1, -0.05) is 6.07 Å². The first-order valence-corrected chi connectivity index (χ1v) is 6.24. The maximum atomic E-state index is 11.6. The Balaban J connectivity index is 2.03. The van der Waals surface area contributed by atoms with E-state index >= 15 is 0 Å². The summed E-state index contributed by atoms with van der Waals surface area (Å²) in [7, 11) is 0. The number of nitrogens with one attached hydrogen (secondary N) is 1. The lowest BCUT2D eigenvalue weighted by Crippen LogP contribution is -2.32. The van der Waals surface area contributed by atoms with Gasteiger partial charge in [0.2, 0.25) is 0 Å². The second-order valence-electron chi connectivity index (χ2n) is 4.45. The summed E-state index contributed by atoms with van der Waals surface area (Å²) in [5.41, 5.74) is -0.355. The molecule has 0 radical (unpaired) electrons. The summed E-state index contributed by atoms with van der Waals surface area (Å²) in [5, 5.41) is 8.87. The van der Waals surface area contributed by atoms with Gasteiger partial charge in [0.15, 0.2) is 0 Å². The molecule has 2 N–H and O–H groups in total. The number of aromatic carboxylic acids is 1. The molecule has 0 spiro atoms. The molecule has 0 atom stereocenters. The van der Waals surface area contributed by atoms with Crippen molar-refractivity contribution in [2.45, 2.75) is 13.5 Å². The first-order chi connectivity index (χ1) is 9.97. The Bertz CT molecular complexity index is 775. The molecule has 0 saturated heterocycles. The smallest absolute Gasteiger partial charge is 0.335 e. The van der Waals surface area contributed by atoms with Crippen LogP contribution in [-0.4, -0.2) is 27.2 Å². The van der Waals surface area contributed by atoms with Crippen LogP contribution in [0.15, 0.2) is 40.1 Å². The second kappa shape index (κ2) is 6.08. The maximum absolute atomic E-state index is 11.6. The Hall–Kier alpha value is -2.83. The van der Waals surface area contributed by atoms with Crippen molar-refractivity contribution in [3.05, 3.63) is 62.4 Å². The van der Waals surface area contributed by atoms with Crippen LogP contribution < -0.4 is 16.0 Å². The first-order valence-electron chi connectivity index (χ1n) is 6.24. The van der Waals surface area contributed by atoms with E-state index in [-0.39, 0.29) is 18.7 Å². The van der Waals surface area contributed by atoms with E-state index in [1.807, 2.05) is 0 Å². The van der Waals surface area contributed by atoms with Crippen LogP contribution in [-0.2, 0) is 6.54 Å². The van der Waals surface area contributed by atoms with Crippen LogP contribution in [0.25, 0.3) is 0 Å². The van der Waals surface area contributed by atoms with Crippen molar-refractivity contribution in [3.8, 4) is 5.75 Å². The van der Waals surface area contributed by atoms with Gasteiger partial charge < -0.3 is 9.84 Å². The number of rotatable bonds is 5. The molecule has 110 valence electrons. The van der Waals surface area contributed by atoms with E-state index in [9.17, 15) is 14.4 Å². The summed E-state index contributed by atoms with van der Waals surface area (Å²) in [6.07, 6.45) is 1.46. The van der Waals surface area contributed by atoms with E-state index in [1.165, 1.54) is 22.9 Å². The molecule has 0 aliphatic heterocycles. The highest BCUT2D eigenvalue weighted by Gasteiger charge is 2.04. The lowest BCUT2D eigenvalue weighted by atomic mass is 10.2. The van der Waals surface area contributed by atoms with Gasteiger partial charge in [0.1, 0.15) is 12.4 Å². The van der Waals surface area contributed by atoms with Gasteiger partial charge in [0.25, 0.3) is 5.56 Å². The molecule has 21 heavy (non-hydrogen) atoms. The van der Waals surface area contributed by atoms with Gasteiger partial charge in [-0.15, -0.1) is 0 Å². The van der Waals surface area contributed by atoms with Gasteiger partial charge in [-0.25, -0.2) is 9.59 Å². The number of H-pyrrole nitrogens is 1. The van der Waals surface area contributed by atoms with E-state index in [1.54, 1.807) is 19.1 Å². The van der Waals surface area contributed by atoms with E-state index < -0.39 is 17.2 Å². The number of carboxylic acids is 1. The van der Waals surface area contributed by atoms with Crippen LogP contribution in [0.3, 0.4) is 0 Å². The molecule has 2 rings (SSSR count). The topological polar surface area (TPSA) is 101 Å². The minimum absolute atomic E-state index is 0.129. The average molecular weight is 290 g/mol. The highest BCUT2D eigenvalue weighted by molar-refractivity contribution is 5.87. The molecule has 1 heterocycles. The normalized spacial score (nSPS) is 10.3. The molecular formula is C14H14N2O5. The fourth-order valence-corrected chi connectivity index (χ4v) is 1.77. The van der Waals surface area contributed by atoms with E-state index in [4.69, 9.17) is 9.84 Å². The summed E-state index contributed by atoms with van der Waals surface area (Å²) in [4.78, 5) is 35.8. The Morgan fingerprint density at radius 1 is 1.38 bits per heavy atom. The first kappa shape index (κ1) is 14.6. The minimum atomic E-state index is -1.03. The molecule has 0 fully saturated rings. The number of hydrogen-bond donors (Lipinski definition) is 2. The van der Waals surface area contributed by atoms with Crippen molar-refractivity contribution in [2.75, 3.05) is 6.61 Å². The predicted octanol–water partition coefficient (Wildman–Crippen LogP) is 0.622. The third kappa shape index (κ3) is 3.59. The van der Waals surface area contributed by atoms with Crippen LogP contribution in [0, 0.1) is 6.92 Å². The Morgan fingerprint density at radius 2 is 2.14 bits per heavy atom. The highest BCUT2D eigenvalue weighted by atomic mass is 16.5. The van der Waals surface area contributed by atoms with Crippen LogP contribution in [0.1, 0.15) is 15.9 Å². The number of aromatic nitrogens is 2. The molecule has 1 aromatic heterocycles. The van der Waals surface area contributed by atoms with Gasteiger partial charge in [0.05, 0.1) is 12.1 Å². The minimum Gasteiger partial charge on any atom is -0.492 e. The number of hydrogen-bond acceptors (Lipinski definition) is 4. The van der Waals surface area contributed by atoms with Crippen molar-refractivity contribution in [3.63, 3.8) is 0 Å². The van der Waals surface area contributed by atoms with E-state index in [2.05, 4.69) is 4.98 Å². The standard InChI is InChI=1S/C14H14N2O5/c1-9-8-16(14(20)15-12(9)17)5-6-21-11-4-2-3-10(7-11)13(18)19/h2-4,7-8H,5-6H2,1H3,(H,18,19)(H,15,17,20). The van der Waals surface area contributed by atoms with Gasteiger partial charge in [-0.05, 0) is 25.1 Å². The molecule has 0 amide bonds. The monoisotopic (exact) mass is 290 g/mol. The summed E-state index contributed by atoms with van der Waals surface area (Å²) < 4.78 is 6.74. The Morgan fingerprint density at radius 3 is 2.86 bits per heavy atom. The van der Waals surface area contributed by atoms with Crippen LogP contribution >= 0.6 is 0 Å². The fraction of sp³-hybridized carbons (Fsp3) is 0.214. The molecule has 0 saturated carbocycles. The molecule has 1 aromatic carbocycles. The summed E-state index contributed by atoms with van der Waals surface area (Å²) >= 11 is 0. The zero-order valence-electron chi connectivity index (χ0n) is 11.3. The number of aryl methyl sites for hydroxylation is 1. The molecule has 0 unspecified atom stereocenters. The molecule has 0 aliphatic rings. The van der Waals surface area contributed by atoms with Gasteiger partial charge in [-0.3, -0.25) is 14.3 Å². The zero-order chi connectivity index (χ0) is 15.4. The lowest BCUT2D eigenvalue weighted by molar-refractivity contribution is 0.0696.